The lowest BCUT2D eigenvalue weighted by atomic mass is 10.0. The summed E-state index contributed by atoms with van der Waals surface area (Å²) in [5.74, 6) is 5.81. The van der Waals surface area contributed by atoms with Crippen molar-refractivity contribution in [1.29, 1.82) is 0 Å². The number of ether oxygens (including phenoxy) is 2. The van der Waals surface area contributed by atoms with Crippen LogP contribution in [0.25, 0.3) is 11.1 Å². The normalized spacial score (nSPS) is 9.68. The van der Waals surface area contributed by atoms with E-state index >= 15 is 0 Å². The molecule has 4 nitrogen and oxygen atoms in total. The van der Waals surface area contributed by atoms with Crippen molar-refractivity contribution in [3.63, 3.8) is 0 Å². The summed E-state index contributed by atoms with van der Waals surface area (Å²) < 4.78 is 10.1. The molecule has 0 aliphatic carbocycles. The maximum absolute atomic E-state index is 11.3. The third-order valence-electron chi connectivity index (χ3n) is 3.42. The summed E-state index contributed by atoms with van der Waals surface area (Å²) in [5.41, 5.74) is 2.91. The summed E-state index contributed by atoms with van der Waals surface area (Å²) >= 11 is 0. The minimum atomic E-state index is -0.252. The van der Waals surface area contributed by atoms with Crippen molar-refractivity contribution in [1.82, 2.24) is 0 Å². The van der Waals surface area contributed by atoms with Crippen LogP contribution in [0, 0.1) is 11.8 Å². The lowest BCUT2D eigenvalue weighted by molar-refractivity contribution is -0.141. The standard InChI is InChI=1S/C21H20O4/c1-3-20(22)24-15-5-6-16-7-9-17(10-8-16)18-11-13-19(14-12-18)25-21(23)4-2/h7-14H,3-4,15H2,1-2H3. The fourth-order valence-corrected chi connectivity index (χ4v) is 2.02. The second-order valence-corrected chi connectivity index (χ2v) is 5.25. The number of hydrogen-bond acceptors (Lipinski definition) is 4. The second-order valence-electron chi connectivity index (χ2n) is 5.25. The quantitative estimate of drug-likeness (QED) is 0.471. The molecular weight excluding hydrogens is 316 g/mol. The van der Waals surface area contributed by atoms with E-state index in [4.69, 9.17) is 9.47 Å². The first-order valence-electron chi connectivity index (χ1n) is 8.18. The molecular formula is C21H20O4. The molecule has 0 heterocycles. The lowest BCUT2D eigenvalue weighted by Gasteiger charge is -2.05. The second kappa shape index (κ2) is 9.29. The van der Waals surface area contributed by atoms with Crippen molar-refractivity contribution in [3.05, 3.63) is 54.1 Å². The minimum Gasteiger partial charge on any atom is -0.452 e. The highest BCUT2D eigenvalue weighted by atomic mass is 16.5. The van der Waals surface area contributed by atoms with Gasteiger partial charge in [0.1, 0.15) is 5.75 Å². The summed E-state index contributed by atoms with van der Waals surface area (Å²) in [5, 5.41) is 0. The van der Waals surface area contributed by atoms with Crippen molar-refractivity contribution in [2.45, 2.75) is 26.7 Å². The number of rotatable bonds is 5. The van der Waals surface area contributed by atoms with Gasteiger partial charge in [-0.15, -0.1) is 0 Å². The predicted octanol–water partition coefficient (Wildman–Crippen LogP) is 3.97. The molecule has 0 N–H and O–H groups in total. The van der Waals surface area contributed by atoms with Gasteiger partial charge in [0.25, 0.3) is 0 Å². The molecule has 2 rings (SSSR count). The fourth-order valence-electron chi connectivity index (χ4n) is 2.02. The smallest absolute Gasteiger partial charge is 0.310 e. The van der Waals surface area contributed by atoms with Crippen molar-refractivity contribution >= 4 is 11.9 Å². The van der Waals surface area contributed by atoms with Crippen LogP contribution in [0.2, 0.25) is 0 Å². The van der Waals surface area contributed by atoms with E-state index < -0.39 is 0 Å². The van der Waals surface area contributed by atoms with E-state index in [9.17, 15) is 9.59 Å². The van der Waals surface area contributed by atoms with E-state index in [0.29, 0.717) is 18.6 Å². The summed E-state index contributed by atoms with van der Waals surface area (Å²) in [6.45, 7) is 3.61. The van der Waals surface area contributed by atoms with Crippen LogP contribution < -0.4 is 4.74 Å². The predicted molar refractivity (Wildman–Crippen MR) is 95.9 cm³/mol. The SMILES string of the molecule is CCC(=O)OCC#Cc1ccc(-c2ccc(OC(=O)CC)cc2)cc1. The van der Waals surface area contributed by atoms with Gasteiger partial charge in [-0.3, -0.25) is 9.59 Å². The maximum Gasteiger partial charge on any atom is 0.310 e. The third-order valence-corrected chi connectivity index (χ3v) is 3.42. The number of hydrogen-bond donors (Lipinski definition) is 0. The van der Waals surface area contributed by atoms with Gasteiger partial charge in [0.2, 0.25) is 0 Å². The van der Waals surface area contributed by atoms with Crippen LogP contribution in [0.1, 0.15) is 32.3 Å². The monoisotopic (exact) mass is 336 g/mol. The zero-order valence-corrected chi connectivity index (χ0v) is 14.4. The molecule has 0 aromatic heterocycles. The van der Waals surface area contributed by atoms with Gasteiger partial charge in [-0.1, -0.05) is 50.0 Å². The van der Waals surface area contributed by atoms with E-state index in [-0.39, 0.29) is 18.5 Å². The van der Waals surface area contributed by atoms with E-state index in [2.05, 4.69) is 11.8 Å². The fraction of sp³-hybridized carbons (Fsp3) is 0.238. The molecule has 2 aromatic carbocycles. The zero-order valence-electron chi connectivity index (χ0n) is 14.4. The largest absolute Gasteiger partial charge is 0.452 e. The zero-order chi connectivity index (χ0) is 18.1. The third kappa shape index (κ3) is 5.82. The van der Waals surface area contributed by atoms with E-state index in [1.165, 1.54) is 0 Å². The molecule has 0 saturated carbocycles. The molecule has 128 valence electrons. The number of esters is 2. The van der Waals surface area contributed by atoms with Gasteiger partial charge in [0, 0.05) is 18.4 Å². The van der Waals surface area contributed by atoms with Crippen LogP contribution in [0.4, 0.5) is 0 Å². The van der Waals surface area contributed by atoms with Gasteiger partial charge >= 0.3 is 11.9 Å². The molecule has 0 aliphatic heterocycles. The highest BCUT2D eigenvalue weighted by Gasteiger charge is 2.02. The number of benzene rings is 2. The van der Waals surface area contributed by atoms with Gasteiger partial charge in [0.05, 0.1) is 0 Å². The Bertz CT molecular complexity index is 777. The Morgan fingerprint density at radius 3 is 1.96 bits per heavy atom. The van der Waals surface area contributed by atoms with Crippen LogP contribution in [0.3, 0.4) is 0 Å². The molecule has 0 unspecified atom stereocenters. The first-order valence-corrected chi connectivity index (χ1v) is 8.18. The Balaban J connectivity index is 1.99. The Kier molecular flexibility index (Phi) is 6.79. The first kappa shape index (κ1) is 18.3. The van der Waals surface area contributed by atoms with Crippen LogP contribution in [0.5, 0.6) is 5.75 Å². The molecule has 25 heavy (non-hydrogen) atoms. The summed E-state index contributed by atoms with van der Waals surface area (Å²) in [7, 11) is 0. The van der Waals surface area contributed by atoms with Crippen LogP contribution in [-0.2, 0) is 14.3 Å². The minimum absolute atomic E-state index is 0.104. The summed E-state index contributed by atoms with van der Waals surface area (Å²) in [4.78, 5) is 22.3. The Morgan fingerprint density at radius 1 is 0.840 bits per heavy atom. The molecule has 0 bridgehead atoms. The topological polar surface area (TPSA) is 52.6 Å². The highest BCUT2D eigenvalue weighted by Crippen LogP contribution is 2.23. The average molecular weight is 336 g/mol. The average Bonchev–Trinajstić information content (AvgIpc) is 2.66. The van der Waals surface area contributed by atoms with Gasteiger partial charge in [-0.25, -0.2) is 0 Å². The maximum atomic E-state index is 11.3. The summed E-state index contributed by atoms with van der Waals surface area (Å²) in [6.07, 6.45) is 0.703. The Morgan fingerprint density at radius 2 is 1.40 bits per heavy atom. The molecule has 0 fully saturated rings. The van der Waals surface area contributed by atoms with E-state index in [0.717, 1.165) is 16.7 Å². The van der Waals surface area contributed by atoms with Gasteiger partial charge in [-0.05, 0) is 35.4 Å². The first-order chi connectivity index (χ1) is 12.1. The van der Waals surface area contributed by atoms with Crippen LogP contribution in [0.15, 0.2) is 48.5 Å². The molecule has 0 atom stereocenters. The van der Waals surface area contributed by atoms with Crippen LogP contribution >= 0.6 is 0 Å². The number of carbonyl (C=O) groups excluding carboxylic acids is 2. The van der Waals surface area contributed by atoms with Crippen molar-refractivity contribution < 1.29 is 19.1 Å². The molecule has 4 heteroatoms. The molecule has 0 saturated heterocycles. The van der Waals surface area contributed by atoms with Gasteiger partial charge in [-0.2, -0.15) is 0 Å². The van der Waals surface area contributed by atoms with E-state index in [1.54, 1.807) is 26.0 Å². The van der Waals surface area contributed by atoms with Gasteiger partial charge in [0.15, 0.2) is 6.61 Å². The summed E-state index contributed by atoms with van der Waals surface area (Å²) in [6, 6.07) is 15.1. The molecule has 0 amide bonds. The highest BCUT2D eigenvalue weighted by molar-refractivity contribution is 5.72. The van der Waals surface area contributed by atoms with Crippen LogP contribution in [-0.4, -0.2) is 18.5 Å². The van der Waals surface area contributed by atoms with Crippen molar-refractivity contribution in [3.8, 4) is 28.7 Å². The molecule has 0 aliphatic rings. The lowest BCUT2D eigenvalue weighted by Crippen LogP contribution is -2.05. The van der Waals surface area contributed by atoms with Crippen molar-refractivity contribution in [2.24, 2.45) is 0 Å². The van der Waals surface area contributed by atoms with Gasteiger partial charge < -0.3 is 9.47 Å². The Hall–Kier alpha value is -3.06. The van der Waals surface area contributed by atoms with Crippen molar-refractivity contribution in [2.75, 3.05) is 6.61 Å². The molecule has 0 spiro atoms. The molecule has 2 aromatic rings. The van der Waals surface area contributed by atoms with E-state index in [1.807, 2.05) is 36.4 Å². The Labute approximate surface area is 147 Å². The molecule has 0 radical (unpaired) electrons. The number of carbonyl (C=O) groups is 2.